The van der Waals surface area contributed by atoms with E-state index in [1.807, 2.05) is 18.2 Å². The molecule has 1 aliphatic heterocycles. The standard InChI is InChI=1S/C29H33N4O3P/c1-37(2,35)24-10-5-9-23(17-24)36-16-6-8-22-19-31-28(26(20-34)32-22)33-14-12-29(13-15-33)18-21-7-3-4-11-25(21)27(29)30/h3-5,7,9-11,17,19,27,34H,12-16,18,20,30H2,1-2H3/t27-/m1/s1. The number of ether oxygens (including phenoxy) is 1. The number of hydrogen-bond donors (Lipinski definition) is 2. The number of nitrogens with zero attached hydrogens (tertiary/aromatic N) is 3. The van der Waals surface area contributed by atoms with E-state index in [1.165, 1.54) is 11.1 Å². The van der Waals surface area contributed by atoms with E-state index in [9.17, 15) is 9.67 Å². The summed E-state index contributed by atoms with van der Waals surface area (Å²) in [6.45, 7) is 5.07. The number of aliphatic hydroxyl groups is 1. The fourth-order valence-corrected chi connectivity index (χ4v) is 6.36. The van der Waals surface area contributed by atoms with Crippen molar-refractivity contribution in [2.75, 3.05) is 37.9 Å². The zero-order valence-corrected chi connectivity index (χ0v) is 22.2. The van der Waals surface area contributed by atoms with Crippen LogP contribution in [0.25, 0.3) is 0 Å². The Morgan fingerprint density at radius 1 is 1.19 bits per heavy atom. The topological polar surface area (TPSA) is 102 Å². The molecule has 2 aliphatic rings. The molecule has 0 unspecified atom stereocenters. The molecular formula is C29H33N4O3P. The van der Waals surface area contributed by atoms with Crippen LogP contribution in [0.3, 0.4) is 0 Å². The largest absolute Gasteiger partial charge is 0.481 e. The molecule has 2 heterocycles. The first kappa shape index (κ1) is 25.5. The second kappa shape index (κ2) is 10.3. The van der Waals surface area contributed by atoms with Crippen LogP contribution in [-0.2, 0) is 17.6 Å². The molecule has 0 radical (unpaired) electrons. The van der Waals surface area contributed by atoms with Gasteiger partial charge in [-0.1, -0.05) is 42.3 Å². The summed E-state index contributed by atoms with van der Waals surface area (Å²) in [7, 11) is -2.35. The van der Waals surface area contributed by atoms with Crippen molar-refractivity contribution in [3.63, 3.8) is 0 Å². The summed E-state index contributed by atoms with van der Waals surface area (Å²) in [5, 5.41) is 10.8. The highest BCUT2D eigenvalue weighted by molar-refractivity contribution is 7.70. The summed E-state index contributed by atoms with van der Waals surface area (Å²) in [4.78, 5) is 11.4. The Hall–Kier alpha value is -3.17. The summed E-state index contributed by atoms with van der Waals surface area (Å²) in [5.41, 5.74) is 10.5. The van der Waals surface area contributed by atoms with Gasteiger partial charge in [0.05, 0.1) is 12.8 Å². The Morgan fingerprint density at radius 2 is 1.97 bits per heavy atom. The van der Waals surface area contributed by atoms with Crippen molar-refractivity contribution in [3.8, 4) is 17.6 Å². The van der Waals surface area contributed by atoms with Crippen LogP contribution in [0.4, 0.5) is 5.82 Å². The molecule has 2 aromatic carbocycles. The number of aromatic nitrogens is 2. The minimum atomic E-state index is -2.35. The van der Waals surface area contributed by atoms with Gasteiger partial charge in [0.1, 0.15) is 30.9 Å². The Labute approximate surface area is 218 Å². The van der Waals surface area contributed by atoms with Crippen molar-refractivity contribution in [1.82, 2.24) is 9.97 Å². The van der Waals surface area contributed by atoms with E-state index < -0.39 is 7.14 Å². The molecule has 3 N–H and O–H groups in total. The van der Waals surface area contributed by atoms with E-state index in [0.29, 0.717) is 23.0 Å². The summed E-state index contributed by atoms with van der Waals surface area (Å²) in [6.07, 6.45) is 4.61. The second-order valence-corrected chi connectivity index (χ2v) is 13.5. The summed E-state index contributed by atoms with van der Waals surface area (Å²) < 4.78 is 18.0. The lowest BCUT2D eigenvalue weighted by Crippen LogP contribution is -2.45. The first-order chi connectivity index (χ1) is 17.8. The van der Waals surface area contributed by atoms with Crippen LogP contribution in [0.1, 0.15) is 41.4 Å². The molecule has 5 rings (SSSR count). The van der Waals surface area contributed by atoms with Gasteiger partial charge >= 0.3 is 0 Å². The molecule has 0 saturated carbocycles. The van der Waals surface area contributed by atoms with E-state index in [4.69, 9.17) is 10.5 Å². The third kappa shape index (κ3) is 5.29. The third-order valence-electron chi connectivity index (χ3n) is 7.59. The number of rotatable bonds is 5. The first-order valence-electron chi connectivity index (χ1n) is 12.6. The number of benzene rings is 2. The molecule has 37 heavy (non-hydrogen) atoms. The van der Waals surface area contributed by atoms with Crippen LogP contribution < -0.4 is 20.7 Å². The average Bonchev–Trinajstić information content (AvgIpc) is 3.17. The Balaban J connectivity index is 1.22. The maximum Gasteiger partial charge on any atom is 0.152 e. The third-order valence-corrected chi connectivity index (χ3v) is 9.11. The van der Waals surface area contributed by atoms with E-state index in [1.54, 1.807) is 25.6 Å². The van der Waals surface area contributed by atoms with Gasteiger partial charge < -0.3 is 25.0 Å². The molecule has 1 spiro atoms. The Morgan fingerprint density at radius 3 is 2.70 bits per heavy atom. The number of hydrogen-bond acceptors (Lipinski definition) is 7. The molecule has 1 saturated heterocycles. The molecule has 192 valence electrons. The second-order valence-electron chi connectivity index (χ2n) is 10.3. The van der Waals surface area contributed by atoms with E-state index in [0.717, 1.165) is 37.7 Å². The lowest BCUT2D eigenvalue weighted by atomic mass is 9.73. The maximum atomic E-state index is 12.3. The number of nitrogens with two attached hydrogens (primary N) is 1. The smallest absolute Gasteiger partial charge is 0.152 e. The van der Waals surface area contributed by atoms with E-state index in [-0.39, 0.29) is 24.7 Å². The zero-order chi connectivity index (χ0) is 26.0. The van der Waals surface area contributed by atoms with Gasteiger partial charge in [0, 0.05) is 24.4 Å². The quantitative estimate of drug-likeness (QED) is 0.395. The van der Waals surface area contributed by atoms with Gasteiger partial charge in [-0.25, -0.2) is 9.97 Å². The number of fused-ring (bicyclic) bond motifs is 1. The van der Waals surface area contributed by atoms with Crippen molar-refractivity contribution in [2.24, 2.45) is 11.1 Å². The monoisotopic (exact) mass is 516 g/mol. The minimum absolute atomic E-state index is 0.0602. The minimum Gasteiger partial charge on any atom is -0.481 e. The molecule has 0 bridgehead atoms. The predicted molar refractivity (Wildman–Crippen MR) is 147 cm³/mol. The first-order valence-corrected chi connectivity index (χ1v) is 15.2. The highest BCUT2D eigenvalue weighted by Crippen LogP contribution is 2.51. The van der Waals surface area contributed by atoms with Crippen LogP contribution >= 0.6 is 7.14 Å². The molecule has 0 amide bonds. The van der Waals surface area contributed by atoms with Gasteiger partial charge in [-0.15, -0.1) is 0 Å². The maximum absolute atomic E-state index is 12.3. The zero-order valence-electron chi connectivity index (χ0n) is 21.4. The van der Waals surface area contributed by atoms with Crippen molar-refractivity contribution >= 4 is 18.3 Å². The normalized spacial score (nSPS) is 18.3. The number of anilines is 1. The lowest BCUT2D eigenvalue weighted by Gasteiger charge is -2.42. The summed E-state index contributed by atoms with van der Waals surface area (Å²) >= 11 is 0. The van der Waals surface area contributed by atoms with Crippen molar-refractivity contribution in [3.05, 3.63) is 77.2 Å². The molecule has 1 aliphatic carbocycles. The van der Waals surface area contributed by atoms with Gasteiger partial charge in [-0.2, -0.15) is 0 Å². The van der Waals surface area contributed by atoms with E-state index >= 15 is 0 Å². The lowest BCUT2D eigenvalue weighted by molar-refractivity contribution is 0.186. The summed E-state index contributed by atoms with van der Waals surface area (Å²) in [6, 6.07) is 15.9. The van der Waals surface area contributed by atoms with Gasteiger partial charge in [-0.3, -0.25) is 0 Å². The molecule has 1 fully saturated rings. The highest BCUT2D eigenvalue weighted by Gasteiger charge is 2.46. The van der Waals surface area contributed by atoms with Crippen LogP contribution in [0.5, 0.6) is 5.75 Å². The van der Waals surface area contributed by atoms with Crippen LogP contribution in [0, 0.1) is 17.3 Å². The van der Waals surface area contributed by atoms with Crippen molar-refractivity contribution in [2.45, 2.75) is 31.9 Å². The van der Waals surface area contributed by atoms with Gasteiger partial charge in [-0.05, 0) is 67.2 Å². The van der Waals surface area contributed by atoms with Crippen LogP contribution in [0.2, 0.25) is 0 Å². The van der Waals surface area contributed by atoms with Crippen LogP contribution in [0.15, 0.2) is 54.7 Å². The van der Waals surface area contributed by atoms with Crippen molar-refractivity contribution < 1.29 is 14.4 Å². The van der Waals surface area contributed by atoms with E-state index in [2.05, 4.69) is 51.0 Å². The van der Waals surface area contributed by atoms with Crippen LogP contribution in [-0.4, -0.2) is 48.1 Å². The molecule has 8 heteroatoms. The Bertz CT molecular complexity index is 1400. The molecule has 1 aromatic heterocycles. The SMILES string of the molecule is CP(C)(=O)c1cccc(OCC#Cc2cnc(N3CCC4(CC3)Cc3ccccc3[C@H]4N)c(CO)n2)c1. The van der Waals surface area contributed by atoms with Gasteiger partial charge in [0.25, 0.3) is 0 Å². The number of aliphatic hydroxyl groups excluding tert-OH is 1. The fraction of sp³-hybridized carbons (Fsp3) is 0.379. The predicted octanol–water partition coefficient (Wildman–Crippen LogP) is 3.49. The van der Waals surface area contributed by atoms with Crippen molar-refractivity contribution in [1.29, 1.82) is 0 Å². The van der Waals surface area contributed by atoms with Gasteiger partial charge in [0.2, 0.25) is 0 Å². The van der Waals surface area contributed by atoms with Gasteiger partial charge in [0.15, 0.2) is 5.82 Å². The molecular weight excluding hydrogens is 483 g/mol. The molecule has 1 atom stereocenters. The average molecular weight is 517 g/mol. The number of piperidine rings is 1. The molecule has 7 nitrogen and oxygen atoms in total. The summed E-state index contributed by atoms with van der Waals surface area (Å²) in [5.74, 6) is 7.26. The fourth-order valence-electron chi connectivity index (χ4n) is 5.48. The Kier molecular flexibility index (Phi) is 7.09. The molecule has 3 aromatic rings. The highest BCUT2D eigenvalue weighted by atomic mass is 31.2.